The lowest BCUT2D eigenvalue weighted by molar-refractivity contribution is -0.125. The highest BCUT2D eigenvalue weighted by Crippen LogP contribution is 2.40. The SMILES string of the molecule is CC(C)n1nccc1-c1cn(COCC[Si](C)(C)C)c2nccc(Oc3c(F)cc(CC(=O)CCC4(C)COC4)cc3F)c12. The summed E-state index contributed by atoms with van der Waals surface area (Å²) in [6.07, 6.45) is 6.18. The van der Waals surface area contributed by atoms with Crippen LogP contribution in [0.3, 0.4) is 0 Å². The Morgan fingerprint density at radius 2 is 1.86 bits per heavy atom. The molecular formula is C33H42F2N4O4Si. The second-order valence-corrected chi connectivity index (χ2v) is 19.3. The van der Waals surface area contributed by atoms with Crippen LogP contribution < -0.4 is 4.74 Å². The van der Waals surface area contributed by atoms with E-state index in [9.17, 15) is 4.79 Å². The largest absolute Gasteiger partial charge is 0.450 e. The van der Waals surface area contributed by atoms with Crippen molar-refractivity contribution in [1.29, 1.82) is 0 Å². The lowest BCUT2D eigenvalue weighted by Gasteiger charge is -2.37. The van der Waals surface area contributed by atoms with Gasteiger partial charge in [0.2, 0.25) is 0 Å². The molecule has 0 bridgehead atoms. The maximum absolute atomic E-state index is 15.4. The number of aromatic nitrogens is 4. The minimum atomic E-state index is -1.27. The first kappa shape index (κ1) is 32.0. The van der Waals surface area contributed by atoms with Gasteiger partial charge in [-0.25, -0.2) is 13.8 Å². The predicted octanol–water partition coefficient (Wildman–Crippen LogP) is 7.79. The van der Waals surface area contributed by atoms with Crippen LogP contribution in [0.25, 0.3) is 22.3 Å². The van der Waals surface area contributed by atoms with Crippen LogP contribution in [0.4, 0.5) is 8.78 Å². The average molecular weight is 625 g/mol. The van der Waals surface area contributed by atoms with Gasteiger partial charge in [-0.05, 0) is 56.1 Å². The van der Waals surface area contributed by atoms with Crippen LogP contribution in [0, 0.1) is 17.0 Å². The summed E-state index contributed by atoms with van der Waals surface area (Å²) in [5.74, 6) is -2.10. The number of carbonyl (C=O) groups is 1. The van der Waals surface area contributed by atoms with Crippen LogP contribution in [0.2, 0.25) is 25.7 Å². The van der Waals surface area contributed by atoms with Crippen molar-refractivity contribution in [2.24, 2.45) is 5.41 Å². The summed E-state index contributed by atoms with van der Waals surface area (Å²) in [6, 6.07) is 6.94. The zero-order chi connectivity index (χ0) is 31.6. The number of hydrogen-bond acceptors (Lipinski definition) is 6. The molecule has 8 nitrogen and oxygen atoms in total. The first-order valence-electron chi connectivity index (χ1n) is 15.2. The van der Waals surface area contributed by atoms with Crippen molar-refractivity contribution >= 4 is 24.9 Å². The fourth-order valence-electron chi connectivity index (χ4n) is 5.32. The Kier molecular flexibility index (Phi) is 9.38. The Morgan fingerprint density at radius 1 is 1.14 bits per heavy atom. The molecule has 0 atom stereocenters. The molecule has 1 aromatic carbocycles. The number of ether oxygens (including phenoxy) is 3. The molecule has 4 heterocycles. The first-order chi connectivity index (χ1) is 20.8. The molecule has 1 saturated heterocycles. The fraction of sp³-hybridized carbons (Fsp3) is 0.485. The molecule has 1 aliphatic rings. The van der Waals surface area contributed by atoms with Gasteiger partial charge in [-0.1, -0.05) is 26.6 Å². The third-order valence-electron chi connectivity index (χ3n) is 7.96. The maximum Gasteiger partial charge on any atom is 0.198 e. The van der Waals surface area contributed by atoms with E-state index in [0.717, 1.165) is 17.3 Å². The molecule has 0 unspecified atom stereocenters. The maximum atomic E-state index is 15.4. The van der Waals surface area contributed by atoms with E-state index in [2.05, 4.69) is 36.6 Å². The summed E-state index contributed by atoms with van der Waals surface area (Å²) in [7, 11) is -1.27. The molecule has 0 N–H and O–H groups in total. The summed E-state index contributed by atoms with van der Waals surface area (Å²) < 4.78 is 51.8. The predicted molar refractivity (Wildman–Crippen MR) is 169 cm³/mol. The van der Waals surface area contributed by atoms with Crippen molar-refractivity contribution in [3.63, 3.8) is 0 Å². The average Bonchev–Trinajstić information content (AvgIpc) is 3.56. The van der Waals surface area contributed by atoms with Gasteiger partial charge in [0.25, 0.3) is 0 Å². The molecule has 44 heavy (non-hydrogen) atoms. The monoisotopic (exact) mass is 624 g/mol. The molecule has 4 aromatic rings. The second-order valence-electron chi connectivity index (χ2n) is 13.6. The fourth-order valence-corrected chi connectivity index (χ4v) is 6.07. The number of ketones is 1. The molecule has 5 rings (SSSR count). The second kappa shape index (κ2) is 12.9. The minimum absolute atomic E-state index is 0.00447. The van der Waals surface area contributed by atoms with Gasteiger partial charge in [0.1, 0.15) is 23.9 Å². The topological polar surface area (TPSA) is 80.4 Å². The van der Waals surface area contributed by atoms with E-state index in [1.165, 1.54) is 12.1 Å². The molecule has 0 amide bonds. The Balaban J connectivity index is 1.44. The normalized spacial score (nSPS) is 14.8. The number of carbonyl (C=O) groups excluding carboxylic acids is 1. The van der Waals surface area contributed by atoms with Crippen LogP contribution >= 0.6 is 0 Å². The van der Waals surface area contributed by atoms with Gasteiger partial charge in [-0.2, -0.15) is 5.10 Å². The van der Waals surface area contributed by atoms with E-state index >= 15 is 8.78 Å². The van der Waals surface area contributed by atoms with E-state index in [1.54, 1.807) is 18.5 Å². The van der Waals surface area contributed by atoms with Crippen molar-refractivity contribution in [1.82, 2.24) is 19.3 Å². The molecule has 1 fully saturated rings. The summed E-state index contributed by atoms with van der Waals surface area (Å²) in [5.41, 5.74) is 2.42. The van der Waals surface area contributed by atoms with Gasteiger partial charge in [0.15, 0.2) is 17.4 Å². The highest BCUT2D eigenvalue weighted by atomic mass is 28.3. The van der Waals surface area contributed by atoms with Crippen LogP contribution in [-0.2, 0) is 27.4 Å². The van der Waals surface area contributed by atoms with Crippen molar-refractivity contribution in [3.8, 4) is 22.8 Å². The molecule has 0 aliphatic carbocycles. The Hall–Kier alpha value is -3.41. The summed E-state index contributed by atoms with van der Waals surface area (Å²) in [5, 5.41) is 5.08. The Labute approximate surface area is 258 Å². The number of Topliss-reactive ketones (excluding diaryl/α,β-unsaturated/α-hetero) is 1. The highest BCUT2D eigenvalue weighted by Gasteiger charge is 2.33. The number of rotatable bonds is 14. The van der Waals surface area contributed by atoms with Gasteiger partial charge in [-0.3, -0.25) is 9.48 Å². The zero-order valence-electron chi connectivity index (χ0n) is 26.5. The Morgan fingerprint density at radius 3 is 2.50 bits per heavy atom. The van der Waals surface area contributed by atoms with Crippen molar-refractivity contribution < 1.29 is 27.8 Å². The zero-order valence-corrected chi connectivity index (χ0v) is 27.5. The number of benzene rings is 1. The standard InChI is InChI=1S/C33H42F2N4O4Si/c1-22(2)39-28(8-12-37-39)25-18-38(21-41-13-14-44(4,5)6)32-30(25)29(9-11-36-32)43-31-26(34)16-23(17-27(31)35)15-24(40)7-10-33(3)19-42-20-33/h8-9,11-12,16-18,22H,7,10,13-15,19-21H2,1-6H3. The third-order valence-corrected chi connectivity index (χ3v) is 9.67. The molecule has 0 spiro atoms. The van der Waals surface area contributed by atoms with Crippen molar-refractivity contribution in [2.45, 2.75) is 78.5 Å². The van der Waals surface area contributed by atoms with E-state index in [0.29, 0.717) is 43.7 Å². The summed E-state index contributed by atoms with van der Waals surface area (Å²) in [6.45, 7) is 15.2. The highest BCUT2D eigenvalue weighted by molar-refractivity contribution is 6.76. The molecule has 11 heteroatoms. The molecule has 1 aliphatic heterocycles. The molecular weight excluding hydrogens is 582 g/mol. The van der Waals surface area contributed by atoms with Gasteiger partial charge in [0, 0.05) is 63.1 Å². The molecule has 0 radical (unpaired) electrons. The lowest BCUT2D eigenvalue weighted by Crippen LogP contribution is -2.40. The summed E-state index contributed by atoms with van der Waals surface area (Å²) in [4.78, 5) is 17.2. The third kappa shape index (κ3) is 7.27. The van der Waals surface area contributed by atoms with Gasteiger partial charge in [-0.15, -0.1) is 0 Å². The van der Waals surface area contributed by atoms with Crippen LogP contribution in [-0.4, -0.2) is 53.0 Å². The number of nitrogens with zero attached hydrogens (tertiary/aromatic N) is 4. The number of hydrogen-bond donors (Lipinski definition) is 0. The quantitative estimate of drug-likeness (QED) is 0.105. The van der Waals surface area contributed by atoms with E-state index < -0.39 is 25.5 Å². The number of halogens is 2. The molecule has 236 valence electrons. The van der Waals surface area contributed by atoms with Crippen LogP contribution in [0.15, 0.2) is 42.9 Å². The van der Waals surface area contributed by atoms with E-state index in [-0.39, 0.29) is 41.7 Å². The van der Waals surface area contributed by atoms with Crippen molar-refractivity contribution in [2.75, 3.05) is 19.8 Å². The molecule has 3 aromatic heterocycles. The van der Waals surface area contributed by atoms with Crippen LogP contribution in [0.5, 0.6) is 11.5 Å². The summed E-state index contributed by atoms with van der Waals surface area (Å²) >= 11 is 0. The van der Waals surface area contributed by atoms with Gasteiger partial charge in [0.05, 0.1) is 24.3 Å². The van der Waals surface area contributed by atoms with E-state index in [4.69, 9.17) is 14.2 Å². The first-order valence-corrected chi connectivity index (χ1v) is 18.9. The van der Waals surface area contributed by atoms with Gasteiger partial charge < -0.3 is 18.8 Å². The number of fused-ring (bicyclic) bond motifs is 1. The van der Waals surface area contributed by atoms with Crippen LogP contribution in [0.1, 0.15) is 45.2 Å². The van der Waals surface area contributed by atoms with Crippen molar-refractivity contribution in [3.05, 3.63) is 60.1 Å². The number of pyridine rings is 1. The molecule has 0 saturated carbocycles. The Bertz CT molecular complexity index is 1620. The van der Waals surface area contributed by atoms with E-state index in [1.807, 2.05) is 35.4 Å². The lowest BCUT2D eigenvalue weighted by atomic mass is 9.82. The van der Waals surface area contributed by atoms with Gasteiger partial charge >= 0.3 is 0 Å². The minimum Gasteiger partial charge on any atom is -0.450 e. The smallest absolute Gasteiger partial charge is 0.198 e.